The second kappa shape index (κ2) is 13.2. The van der Waals surface area contributed by atoms with Crippen LogP contribution in [-0.4, -0.2) is 68.9 Å². The summed E-state index contributed by atoms with van der Waals surface area (Å²) in [6.07, 6.45) is -3.65. The van der Waals surface area contributed by atoms with E-state index < -0.39 is 47.6 Å². The largest absolute Gasteiger partial charge is 0.448 e. The highest BCUT2D eigenvalue weighted by molar-refractivity contribution is 5.82. The molecule has 2 aromatic heterocycles. The number of nitrogens with zero attached hydrogens (tertiary/aromatic N) is 6. The van der Waals surface area contributed by atoms with Crippen LogP contribution in [-0.2, 0) is 35.5 Å². The number of carbonyl (C=O) groups excluding carboxylic acids is 2. The van der Waals surface area contributed by atoms with Crippen molar-refractivity contribution < 1.29 is 40.7 Å². The number of rotatable bonds is 9. The molecule has 2 amide bonds. The molecule has 0 saturated carbocycles. The van der Waals surface area contributed by atoms with Crippen LogP contribution in [0.5, 0.6) is 0 Å². The van der Waals surface area contributed by atoms with Gasteiger partial charge in [0.05, 0.1) is 28.8 Å². The Hall–Kier alpha value is -4.37. The number of amides is 2. The Balaban J connectivity index is 1.69. The van der Waals surface area contributed by atoms with Gasteiger partial charge in [-0.2, -0.15) is 31.4 Å². The number of aryl methyl sites for hydroxylation is 1. The fraction of sp³-hybridized carbons (Fsp3) is 0.500. The maximum Gasteiger partial charge on any atom is 0.416 e. The van der Waals surface area contributed by atoms with E-state index in [1.54, 1.807) is 38.0 Å². The van der Waals surface area contributed by atoms with Gasteiger partial charge in [0, 0.05) is 62.9 Å². The van der Waals surface area contributed by atoms with E-state index in [4.69, 9.17) is 4.74 Å². The minimum Gasteiger partial charge on any atom is -0.448 e. The van der Waals surface area contributed by atoms with Crippen LogP contribution < -0.4 is 10.2 Å². The number of aromatic nitrogens is 4. The smallest absolute Gasteiger partial charge is 0.416 e. The van der Waals surface area contributed by atoms with E-state index in [0.29, 0.717) is 36.1 Å². The van der Waals surface area contributed by atoms with Gasteiger partial charge in [0.1, 0.15) is 6.61 Å². The zero-order chi connectivity index (χ0) is 34.0. The summed E-state index contributed by atoms with van der Waals surface area (Å²) >= 11 is 0. The maximum atomic E-state index is 13.7. The van der Waals surface area contributed by atoms with Gasteiger partial charge in [-0.25, -0.2) is 14.8 Å². The van der Waals surface area contributed by atoms with Crippen molar-refractivity contribution in [3.05, 3.63) is 59.7 Å². The third-order valence-corrected chi connectivity index (χ3v) is 7.87. The molecular formula is C30H35F6N7O3. The molecule has 1 aliphatic heterocycles. The molecule has 3 aromatic rings. The molecule has 0 bridgehead atoms. The zero-order valence-electron chi connectivity index (χ0n) is 25.9. The van der Waals surface area contributed by atoms with Crippen LogP contribution in [0.3, 0.4) is 0 Å². The number of ether oxygens (including phenoxy) is 1. The molecule has 4 rings (SSSR count). The van der Waals surface area contributed by atoms with Crippen LogP contribution in [0.15, 0.2) is 43.0 Å². The Bertz CT molecular complexity index is 1510. The quantitative estimate of drug-likeness (QED) is 0.296. The topological polar surface area (TPSA) is 105 Å². The van der Waals surface area contributed by atoms with Crippen molar-refractivity contribution in [2.24, 2.45) is 12.5 Å². The van der Waals surface area contributed by atoms with E-state index in [-0.39, 0.29) is 42.7 Å². The second-order valence-corrected chi connectivity index (χ2v) is 11.8. The van der Waals surface area contributed by atoms with Crippen molar-refractivity contribution in [2.75, 3.05) is 25.1 Å². The van der Waals surface area contributed by atoms with Crippen molar-refractivity contribution in [1.82, 2.24) is 30.0 Å². The molecule has 250 valence electrons. The first-order valence-electron chi connectivity index (χ1n) is 14.4. The monoisotopic (exact) mass is 655 g/mol. The Labute approximate surface area is 261 Å². The Morgan fingerprint density at radius 1 is 1.00 bits per heavy atom. The average Bonchev–Trinajstić information content (AvgIpc) is 3.64. The van der Waals surface area contributed by atoms with Crippen molar-refractivity contribution in [3.8, 4) is 11.1 Å². The van der Waals surface area contributed by atoms with Gasteiger partial charge in [-0.05, 0) is 50.5 Å². The average molecular weight is 656 g/mol. The fourth-order valence-electron chi connectivity index (χ4n) is 5.32. The summed E-state index contributed by atoms with van der Waals surface area (Å²) in [6.45, 7) is 4.47. The molecule has 0 spiro atoms. The number of benzene rings is 1. The normalized spacial score (nSPS) is 17.2. The van der Waals surface area contributed by atoms with Gasteiger partial charge in [0.2, 0.25) is 11.9 Å². The van der Waals surface area contributed by atoms with E-state index >= 15 is 0 Å². The molecule has 1 aliphatic rings. The van der Waals surface area contributed by atoms with Gasteiger partial charge in [0.25, 0.3) is 0 Å². The lowest BCUT2D eigenvalue weighted by Crippen LogP contribution is -2.43. The Kier molecular flexibility index (Phi) is 9.87. The summed E-state index contributed by atoms with van der Waals surface area (Å²) in [5.41, 5.74) is -2.85. The van der Waals surface area contributed by atoms with E-state index in [1.165, 1.54) is 29.2 Å². The predicted octanol–water partition coefficient (Wildman–Crippen LogP) is 5.68. The molecule has 16 heteroatoms. The number of carbonyl (C=O) groups is 2. The highest BCUT2D eigenvalue weighted by atomic mass is 19.4. The van der Waals surface area contributed by atoms with Gasteiger partial charge in [-0.15, -0.1) is 0 Å². The summed E-state index contributed by atoms with van der Waals surface area (Å²) in [5, 5.41) is 6.62. The number of anilines is 1. The van der Waals surface area contributed by atoms with E-state index in [2.05, 4.69) is 20.4 Å². The highest BCUT2D eigenvalue weighted by Crippen LogP contribution is 2.37. The van der Waals surface area contributed by atoms with E-state index in [1.807, 2.05) is 6.92 Å². The summed E-state index contributed by atoms with van der Waals surface area (Å²) < 4.78 is 89.1. The first kappa shape index (κ1) is 34.5. The number of alkyl halides is 6. The Morgan fingerprint density at radius 2 is 1.61 bits per heavy atom. The van der Waals surface area contributed by atoms with E-state index in [9.17, 15) is 35.9 Å². The first-order chi connectivity index (χ1) is 21.4. The lowest BCUT2D eigenvalue weighted by molar-refractivity contribution is -0.143. The van der Waals surface area contributed by atoms with Crippen LogP contribution >= 0.6 is 0 Å². The van der Waals surface area contributed by atoms with Crippen molar-refractivity contribution in [3.63, 3.8) is 0 Å². The first-order valence-corrected chi connectivity index (χ1v) is 14.4. The van der Waals surface area contributed by atoms with E-state index in [0.717, 1.165) is 0 Å². The third kappa shape index (κ3) is 7.88. The summed E-state index contributed by atoms with van der Waals surface area (Å²) in [5.74, 6) is -0.279. The molecule has 3 heterocycles. The molecule has 0 aliphatic carbocycles. The minimum absolute atomic E-state index is 0.0244. The van der Waals surface area contributed by atoms with Crippen LogP contribution in [0.4, 0.5) is 37.1 Å². The second-order valence-electron chi connectivity index (χ2n) is 11.8. The minimum atomic E-state index is -5.02. The molecule has 10 nitrogen and oxygen atoms in total. The van der Waals surface area contributed by atoms with Crippen LogP contribution in [0.2, 0.25) is 0 Å². The standard InChI is InChI=1S/C30H35F6N7O3/c1-6-23-10-24(16-43(23)27(45)46-17-28(2,3)25(44)37-4)42(26-38-11-19(12-39-26)20-13-40-41(5)15-20)14-18-7-21(29(31,32)33)9-22(8-18)30(34,35)36/h7-9,11-13,15,23-24H,6,10,14,16-17H2,1-5H3,(H,37,44). The van der Waals surface area contributed by atoms with Crippen molar-refractivity contribution in [2.45, 2.75) is 64.6 Å². The molecule has 2 unspecified atom stereocenters. The number of hydrogen-bond acceptors (Lipinski definition) is 7. The van der Waals surface area contributed by atoms with Gasteiger partial charge < -0.3 is 19.9 Å². The lowest BCUT2D eigenvalue weighted by atomic mass is 9.94. The van der Waals surface area contributed by atoms with Crippen LogP contribution in [0.1, 0.15) is 50.3 Å². The van der Waals surface area contributed by atoms with Crippen LogP contribution in [0.25, 0.3) is 11.1 Å². The van der Waals surface area contributed by atoms with Gasteiger partial charge in [-0.1, -0.05) is 6.92 Å². The molecule has 0 radical (unpaired) electrons. The SMILES string of the molecule is CCC1CC(N(Cc2cc(C(F)(F)F)cc(C(F)(F)F)c2)c2ncc(-c3cnn(C)c3)cn2)CN1C(=O)OCC(C)(C)C(=O)NC. The maximum absolute atomic E-state index is 13.7. The summed E-state index contributed by atoms with van der Waals surface area (Å²) in [4.78, 5) is 37.2. The number of hydrogen-bond donors (Lipinski definition) is 1. The van der Waals surface area contributed by atoms with Crippen molar-refractivity contribution >= 4 is 17.9 Å². The van der Waals surface area contributed by atoms with Crippen molar-refractivity contribution in [1.29, 1.82) is 0 Å². The summed E-state index contributed by atoms with van der Waals surface area (Å²) in [6, 6.07) is 0.451. The molecule has 46 heavy (non-hydrogen) atoms. The number of nitrogens with one attached hydrogen (secondary N) is 1. The van der Waals surface area contributed by atoms with Gasteiger partial charge in [-0.3, -0.25) is 9.48 Å². The van der Waals surface area contributed by atoms with Gasteiger partial charge >= 0.3 is 18.4 Å². The number of likely N-dealkylation sites (tertiary alicyclic amines) is 1. The van der Waals surface area contributed by atoms with Gasteiger partial charge in [0.15, 0.2) is 0 Å². The summed E-state index contributed by atoms with van der Waals surface area (Å²) in [7, 11) is 3.19. The lowest BCUT2D eigenvalue weighted by Gasteiger charge is -2.30. The predicted molar refractivity (Wildman–Crippen MR) is 155 cm³/mol. The zero-order valence-corrected chi connectivity index (χ0v) is 25.9. The third-order valence-electron chi connectivity index (χ3n) is 7.87. The molecule has 1 N–H and O–H groups in total. The number of halogens is 6. The fourth-order valence-corrected chi connectivity index (χ4v) is 5.32. The Morgan fingerprint density at radius 3 is 2.11 bits per heavy atom. The highest BCUT2D eigenvalue weighted by Gasteiger charge is 2.41. The molecular weight excluding hydrogens is 620 g/mol. The molecule has 1 saturated heterocycles. The van der Waals surface area contributed by atoms with Crippen LogP contribution in [0, 0.1) is 5.41 Å². The molecule has 1 aromatic carbocycles. The molecule has 1 fully saturated rings. The molecule has 2 atom stereocenters.